The van der Waals surface area contributed by atoms with Crippen LogP contribution in [-0.2, 0) is 7.05 Å². The number of hydrogen-bond donors (Lipinski definition) is 1. The van der Waals surface area contributed by atoms with E-state index in [2.05, 4.69) is 20.4 Å². The maximum Gasteiger partial charge on any atom is 0.251 e. The molecule has 0 radical (unpaired) electrons. The Morgan fingerprint density at radius 2 is 2.08 bits per heavy atom. The van der Waals surface area contributed by atoms with Crippen LogP contribution in [0.4, 0.5) is 0 Å². The predicted octanol–water partition coefficient (Wildman–Crippen LogP) is 2.11. The summed E-state index contributed by atoms with van der Waals surface area (Å²) in [7, 11) is 1.90. The third kappa shape index (κ3) is 2.92. The van der Waals surface area contributed by atoms with Gasteiger partial charge < -0.3 is 5.32 Å². The number of hydrogen-bond acceptors (Lipinski definition) is 4. The molecule has 3 rings (SSSR count). The fourth-order valence-electron chi connectivity index (χ4n) is 2.86. The molecule has 1 unspecified atom stereocenters. The molecule has 3 aromatic rings. The molecule has 1 amide bonds. The Morgan fingerprint density at radius 3 is 2.71 bits per heavy atom. The van der Waals surface area contributed by atoms with Crippen molar-refractivity contribution in [3.63, 3.8) is 0 Å². The van der Waals surface area contributed by atoms with Gasteiger partial charge in [-0.3, -0.25) is 14.0 Å². The number of amides is 1. The number of nitrogens with zero attached hydrogens (tertiary/aromatic N) is 5. The van der Waals surface area contributed by atoms with Gasteiger partial charge in [0.1, 0.15) is 12.1 Å². The molecule has 1 N–H and O–H groups in total. The van der Waals surface area contributed by atoms with Crippen LogP contribution in [0.1, 0.15) is 40.3 Å². The summed E-state index contributed by atoms with van der Waals surface area (Å²) in [6, 6.07) is 3.31. The van der Waals surface area contributed by atoms with Crippen LogP contribution < -0.4 is 5.32 Å². The molecule has 0 aliphatic heterocycles. The zero-order valence-corrected chi connectivity index (χ0v) is 14.2. The molecule has 0 spiro atoms. The van der Waals surface area contributed by atoms with E-state index in [-0.39, 0.29) is 11.9 Å². The fourth-order valence-corrected chi connectivity index (χ4v) is 2.86. The molecule has 7 heteroatoms. The van der Waals surface area contributed by atoms with Gasteiger partial charge in [0, 0.05) is 42.5 Å². The minimum absolute atomic E-state index is 0.129. The maximum absolute atomic E-state index is 12.6. The summed E-state index contributed by atoms with van der Waals surface area (Å²) in [5.41, 5.74) is 3.58. The van der Waals surface area contributed by atoms with Gasteiger partial charge in [0.15, 0.2) is 0 Å². The molecule has 0 saturated heterocycles. The minimum atomic E-state index is -0.145. The molecule has 0 aliphatic rings. The van der Waals surface area contributed by atoms with Crippen molar-refractivity contribution in [1.29, 1.82) is 0 Å². The van der Waals surface area contributed by atoms with Gasteiger partial charge in [-0.2, -0.15) is 5.10 Å². The molecule has 7 nitrogen and oxygen atoms in total. The van der Waals surface area contributed by atoms with E-state index in [1.54, 1.807) is 41.6 Å². The highest BCUT2D eigenvalue weighted by Crippen LogP contribution is 2.21. The van der Waals surface area contributed by atoms with Crippen molar-refractivity contribution in [2.75, 3.05) is 0 Å². The van der Waals surface area contributed by atoms with E-state index in [4.69, 9.17) is 0 Å². The van der Waals surface area contributed by atoms with Gasteiger partial charge in [0.05, 0.1) is 11.7 Å². The minimum Gasteiger partial charge on any atom is -0.345 e. The van der Waals surface area contributed by atoms with Crippen LogP contribution in [0.15, 0.2) is 37.1 Å². The monoisotopic (exact) mass is 324 g/mol. The average molecular weight is 324 g/mol. The molecular formula is C17H20N6O. The third-order valence-electron chi connectivity index (χ3n) is 4.12. The van der Waals surface area contributed by atoms with Crippen LogP contribution in [0.2, 0.25) is 0 Å². The number of aromatic nitrogens is 5. The van der Waals surface area contributed by atoms with E-state index >= 15 is 0 Å². The standard InChI is InChI=1S/C17H20N6O/c1-11(16-12(2)21-22(4)13(16)3)20-17(24)14-5-6-19-15(9-14)23-8-7-18-10-23/h5-11H,1-4H3,(H,20,24). The lowest BCUT2D eigenvalue weighted by molar-refractivity contribution is 0.0939. The molecule has 0 saturated carbocycles. The van der Waals surface area contributed by atoms with E-state index in [0.717, 1.165) is 17.0 Å². The lowest BCUT2D eigenvalue weighted by Crippen LogP contribution is -2.27. The molecular weight excluding hydrogens is 304 g/mol. The van der Waals surface area contributed by atoms with E-state index in [9.17, 15) is 4.79 Å². The van der Waals surface area contributed by atoms with Crippen LogP contribution in [0.3, 0.4) is 0 Å². The topological polar surface area (TPSA) is 77.6 Å². The van der Waals surface area contributed by atoms with Crippen molar-refractivity contribution in [2.45, 2.75) is 26.8 Å². The third-order valence-corrected chi connectivity index (χ3v) is 4.12. The summed E-state index contributed by atoms with van der Waals surface area (Å²) in [4.78, 5) is 20.8. The quantitative estimate of drug-likeness (QED) is 0.797. The second-order valence-corrected chi connectivity index (χ2v) is 5.78. The van der Waals surface area contributed by atoms with E-state index in [1.165, 1.54) is 0 Å². The number of aryl methyl sites for hydroxylation is 2. The molecule has 124 valence electrons. The number of imidazole rings is 1. The highest BCUT2D eigenvalue weighted by molar-refractivity contribution is 5.94. The molecule has 0 aliphatic carbocycles. The number of carbonyl (C=O) groups is 1. The molecule has 0 aromatic carbocycles. The van der Waals surface area contributed by atoms with Gasteiger partial charge in [0.25, 0.3) is 5.91 Å². The fraction of sp³-hybridized carbons (Fsp3) is 0.294. The summed E-state index contributed by atoms with van der Waals surface area (Å²) in [6.45, 7) is 5.92. The van der Waals surface area contributed by atoms with Crippen molar-refractivity contribution in [3.8, 4) is 5.82 Å². The molecule has 3 heterocycles. The SMILES string of the molecule is Cc1nn(C)c(C)c1C(C)NC(=O)c1ccnc(-n2ccnc2)c1. The largest absolute Gasteiger partial charge is 0.345 e. The number of nitrogens with one attached hydrogen (secondary N) is 1. The molecule has 1 atom stereocenters. The summed E-state index contributed by atoms with van der Waals surface area (Å²) >= 11 is 0. The zero-order chi connectivity index (χ0) is 17.3. The van der Waals surface area contributed by atoms with Crippen LogP contribution in [0, 0.1) is 13.8 Å². The van der Waals surface area contributed by atoms with Gasteiger partial charge in [-0.15, -0.1) is 0 Å². The zero-order valence-electron chi connectivity index (χ0n) is 14.2. The first-order valence-electron chi connectivity index (χ1n) is 7.72. The van der Waals surface area contributed by atoms with Crippen molar-refractivity contribution < 1.29 is 4.79 Å². The Balaban J connectivity index is 1.81. The van der Waals surface area contributed by atoms with Crippen molar-refractivity contribution >= 4 is 5.91 Å². The first-order chi connectivity index (χ1) is 11.5. The van der Waals surface area contributed by atoms with Gasteiger partial charge in [-0.25, -0.2) is 9.97 Å². The first-order valence-corrected chi connectivity index (χ1v) is 7.72. The Kier molecular flexibility index (Phi) is 4.16. The smallest absolute Gasteiger partial charge is 0.251 e. The van der Waals surface area contributed by atoms with Crippen LogP contribution in [0.25, 0.3) is 5.82 Å². The van der Waals surface area contributed by atoms with Crippen molar-refractivity contribution in [3.05, 3.63) is 59.6 Å². The molecule has 0 fully saturated rings. The lowest BCUT2D eigenvalue weighted by atomic mass is 10.1. The van der Waals surface area contributed by atoms with E-state index in [0.29, 0.717) is 11.4 Å². The van der Waals surface area contributed by atoms with Crippen molar-refractivity contribution in [2.24, 2.45) is 7.05 Å². The lowest BCUT2D eigenvalue weighted by Gasteiger charge is -2.15. The average Bonchev–Trinajstić information content (AvgIpc) is 3.16. The van der Waals surface area contributed by atoms with Crippen molar-refractivity contribution in [1.82, 2.24) is 29.6 Å². The summed E-state index contributed by atoms with van der Waals surface area (Å²) in [6.07, 6.45) is 6.73. The number of carbonyl (C=O) groups excluding carboxylic acids is 1. The maximum atomic E-state index is 12.6. The molecule has 24 heavy (non-hydrogen) atoms. The van der Waals surface area contributed by atoms with Gasteiger partial charge in [0.2, 0.25) is 0 Å². The summed E-state index contributed by atoms with van der Waals surface area (Å²) < 4.78 is 3.59. The van der Waals surface area contributed by atoms with Gasteiger partial charge >= 0.3 is 0 Å². The highest BCUT2D eigenvalue weighted by Gasteiger charge is 2.19. The predicted molar refractivity (Wildman–Crippen MR) is 89.9 cm³/mol. The number of pyridine rings is 1. The van der Waals surface area contributed by atoms with E-state index in [1.807, 2.05) is 32.5 Å². The van der Waals surface area contributed by atoms with Crippen LogP contribution >= 0.6 is 0 Å². The van der Waals surface area contributed by atoms with Crippen LogP contribution in [0.5, 0.6) is 0 Å². The Labute approximate surface area is 140 Å². The summed E-state index contributed by atoms with van der Waals surface area (Å²) in [5, 5.41) is 7.44. The second kappa shape index (κ2) is 6.27. The van der Waals surface area contributed by atoms with Gasteiger partial charge in [-0.1, -0.05) is 0 Å². The summed E-state index contributed by atoms with van der Waals surface area (Å²) in [5.74, 6) is 0.510. The Morgan fingerprint density at radius 1 is 1.29 bits per heavy atom. The first kappa shape index (κ1) is 15.9. The Hall–Kier alpha value is -2.96. The Bertz CT molecular complexity index is 865. The second-order valence-electron chi connectivity index (χ2n) is 5.78. The molecule has 0 bridgehead atoms. The van der Waals surface area contributed by atoms with E-state index < -0.39 is 0 Å². The normalized spacial score (nSPS) is 12.2. The molecule has 3 aromatic heterocycles. The van der Waals surface area contributed by atoms with Crippen LogP contribution in [-0.4, -0.2) is 30.2 Å². The highest BCUT2D eigenvalue weighted by atomic mass is 16.1. The number of rotatable bonds is 4. The van der Waals surface area contributed by atoms with Gasteiger partial charge in [-0.05, 0) is 32.9 Å².